The van der Waals surface area contributed by atoms with Crippen LogP contribution in [0.5, 0.6) is 0 Å². The van der Waals surface area contributed by atoms with Crippen LogP contribution in [0.4, 0.5) is 0 Å². The van der Waals surface area contributed by atoms with E-state index < -0.39 is 0 Å². The molecule has 2 aliphatic heterocycles. The van der Waals surface area contributed by atoms with Gasteiger partial charge in [0, 0.05) is 61.5 Å². The molecule has 2 amide bonds. The van der Waals surface area contributed by atoms with Gasteiger partial charge in [0.2, 0.25) is 0 Å². The first-order chi connectivity index (χ1) is 16.1. The van der Waals surface area contributed by atoms with E-state index in [1.54, 1.807) is 0 Å². The van der Waals surface area contributed by atoms with Gasteiger partial charge in [0.15, 0.2) is 0 Å². The zero-order valence-electron chi connectivity index (χ0n) is 18.4. The van der Waals surface area contributed by atoms with Crippen LogP contribution in [0.3, 0.4) is 0 Å². The van der Waals surface area contributed by atoms with Gasteiger partial charge in [-0.15, -0.1) is 0 Å². The van der Waals surface area contributed by atoms with E-state index >= 15 is 0 Å². The number of piperazine rings is 1. The van der Waals surface area contributed by atoms with Gasteiger partial charge in [-0.1, -0.05) is 54.1 Å². The molecule has 0 bridgehead atoms. The summed E-state index contributed by atoms with van der Waals surface area (Å²) in [5, 5.41) is 0.699. The highest BCUT2D eigenvalue weighted by molar-refractivity contribution is 6.30. The zero-order chi connectivity index (χ0) is 22.8. The molecule has 2 fully saturated rings. The minimum Gasteiger partial charge on any atom is -0.336 e. The van der Waals surface area contributed by atoms with Crippen molar-refractivity contribution in [3.63, 3.8) is 0 Å². The summed E-state index contributed by atoms with van der Waals surface area (Å²) in [6.07, 6.45) is 0. The largest absolute Gasteiger partial charge is 0.336 e. The minimum absolute atomic E-state index is 0.0711. The van der Waals surface area contributed by atoms with Gasteiger partial charge in [-0.25, -0.2) is 0 Å². The smallest absolute Gasteiger partial charge is 0.253 e. The Kier molecular flexibility index (Phi) is 6.16. The summed E-state index contributed by atoms with van der Waals surface area (Å²) in [7, 11) is 0. The third-order valence-electron chi connectivity index (χ3n) is 6.58. The van der Waals surface area contributed by atoms with Crippen molar-refractivity contribution in [1.29, 1.82) is 0 Å². The van der Waals surface area contributed by atoms with Gasteiger partial charge < -0.3 is 9.80 Å². The number of nitrogens with zero attached hydrogens (tertiary/aromatic N) is 3. The summed E-state index contributed by atoms with van der Waals surface area (Å²) in [6, 6.07) is 25.2. The summed E-state index contributed by atoms with van der Waals surface area (Å²) in [5.74, 6) is 0.170. The van der Waals surface area contributed by atoms with Gasteiger partial charge in [-0.3, -0.25) is 14.5 Å². The minimum atomic E-state index is 0.0711. The molecule has 2 heterocycles. The molecule has 0 unspecified atom stereocenters. The van der Waals surface area contributed by atoms with E-state index in [9.17, 15) is 9.59 Å². The van der Waals surface area contributed by atoms with E-state index in [4.69, 9.17) is 11.6 Å². The van der Waals surface area contributed by atoms with Crippen LogP contribution in [0.1, 0.15) is 20.7 Å². The highest BCUT2D eigenvalue weighted by Gasteiger charge is 2.36. The van der Waals surface area contributed by atoms with Crippen LogP contribution >= 0.6 is 11.6 Å². The Morgan fingerprint density at radius 3 is 1.97 bits per heavy atom. The topological polar surface area (TPSA) is 43.9 Å². The summed E-state index contributed by atoms with van der Waals surface area (Å²) in [5.41, 5.74) is 3.53. The van der Waals surface area contributed by atoms with Crippen molar-refractivity contribution >= 4 is 23.4 Å². The van der Waals surface area contributed by atoms with Gasteiger partial charge >= 0.3 is 0 Å². The number of amides is 2. The lowest BCUT2D eigenvalue weighted by Crippen LogP contribution is -2.64. The standard InChI is InChI=1S/C27H26ClN3O2/c28-24-8-4-7-23(17-24)20-9-11-22(12-10-20)27(33)31-18-25(19-31)29-13-15-30(16-14-29)26(32)21-5-2-1-3-6-21/h1-12,17,25H,13-16,18-19H2. The monoisotopic (exact) mass is 459 g/mol. The molecule has 5 nitrogen and oxygen atoms in total. The van der Waals surface area contributed by atoms with Crippen LogP contribution in [0, 0.1) is 0 Å². The molecular formula is C27H26ClN3O2. The van der Waals surface area contributed by atoms with Gasteiger partial charge in [-0.05, 0) is 47.5 Å². The molecule has 2 saturated heterocycles. The van der Waals surface area contributed by atoms with Gasteiger partial charge in [0.1, 0.15) is 0 Å². The van der Waals surface area contributed by atoms with Gasteiger partial charge in [0.25, 0.3) is 11.8 Å². The first-order valence-corrected chi connectivity index (χ1v) is 11.7. The second kappa shape index (κ2) is 9.38. The van der Waals surface area contributed by atoms with Gasteiger partial charge in [-0.2, -0.15) is 0 Å². The Morgan fingerprint density at radius 1 is 0.667 bits per heavy atom. The van der Waals surface area contributed by atoms with Crippen LogP contribution < -0.4 is 0 Å². The van der Waals surface area contributed by atoms with E-state index in [0.717, 1.165) is 56.0 Å². The number of hydrogen-bond donors (Lipinski definition) is 0. The Labute approximate surface area is 199 Å². The first kappa shape index (κ1) is 21.7. The average molecular weight is 460 g/mol. The van der Waals surface area contributed by atoms with E-state index in [2.05, 4.69) is 4.90 Å². The average Bonchev–Trinajstić information content (AvgIpc) is 2.84. The third kappa shape index (κ3) is 4.65. The predicted molar refractivity (Wildman–Crippen MR) is 130 cm³/mol. The number of hydrogen-bond acceptors (Lipinski definition) is 3. The van der Waals surface area contributed by atoms with Crippen molar-refractivity contribution in [2.24, 2.45) is 0 Å². The number of carbonyl (C=O) groups is 2. The summed E-state index contributed by atoms with van der Waals surface area (Å²) < 4.78 is 0. The molecule has 33 heavy (non-hydrogen) atoms. The normalized spacial score (nSPS) is 17.0. The van der Waals surface area contributed by atoms with E-state index in [-0.39, 0.29) is 11.8 Å². The molecule has 3 aromatic rings. The molecule has 0 radical (unpaired) electrons. The molecule has 2 aliphatic rings. The second-order valence-electron chi connectivity index (χ2n) is 8.65. The molecule has 3 aromatic carbocycles. The number of likely N-dealkylation sites (tertiary alicyclic amines) is 1. The molecule has 6 heteroatoms. The van der Waals surface area contributed by atoms with E-state index in [0.29, 0.717) is 16.6 Å². The predicted octanol–water partition coefficient (Wildman–Crippen LogP) is 4.29. The Hall–Kier alpha value is -3.15. The van der Waals surface area contributed by atoms with Crippen molar-refractivity contribution in [3.8, 4) is 11.1 Å². The van der Waals surface area contributed by atoms with Crippen molar-refractivity contribution < 1.29 is 9.59 Å². The molecule has 0 N–H and O–H groups in total. The maximum absolute atomic E-state index is 12.9. The fourth-order valence-corrected chi connectivity index (χ4v) is 4.75. The maximum atomic E-state index is 12.9. The Bertz CT molecular complexity index is 1140. The summed E-state index contributed by atoms with van der Waals surface area (Å²) >= 11 is 6.09. The van der Waals surface area contributed by atoms with Crippen LogP contribution in [-0.4, -0.2) is 71.8 Å². The lowest BCUT2D eigenvalue weighted by atomic mass is 10.0. The molecule has 0 aliphatic carbocycles. The molecule has 5 rings (SSSR count). The molecule has 168 valence electrons. The van der Waals surface area contributed by atoms with Gasteiger partial charge in [0.05, 0.1) is 0 Å². The van der Waals surface area contributed by atoms with Crippen molar-refractivity contribution in [3.05, 3.63) is 95.0 Å². The SMILES string of the molecule is O=C(c1ccccc1)N1CCN(C2CN(C(=O)c3ccc(-c4cccc(Cl)c4)cc3)C2)CC1. The number of benzene rings is 3. The molecule has 0 saturated carbocycles. The van der Waals surface area contributed by atoms with Crippen molar-refractivity contribution in [2.75, 3.05) is 39.3 Å². The highest BCUT2D eigenvalue weighted by atomic mass is 35.5. The number of rotatable bonds is 4. The van der Waals surface area contributed by atoms with Crippen molar-refractivity contribution in [2.45, 2.75) is 6.04 Å². The van der Waals surface area contributed by atoms with Crippen LogP contribution in [0.15, 0.2) is 78.9 Å². The summed E-state index contributed by atoms with van der Waals surface area (Å²) in [4.78, 5) is 31.8. The number of carbonyl (C=O) groups excluding carboxylic acids is 2. The van der Waals surface area contributed by atoms with Crippen LogP contribution in [0.2, 0.25) is 5.02 Å². The van der Waals surface area contributed by atoms with E-state index in [1.165, 1.54) is 0 Å². The number of halogens is 1. The zero-order valence-corrected chi connectivity index (χ0v) is 19.1. The molecule has 0 atom stereocenters. The maximum Gasteiger partial charge on any atom is 0.253 e. The Morgan fingerprint density at radius 2 is 1.30 bits per heavy atom. The fraction of sp³-hybridized carbons (Fsp3) is 0.259. The van der Waals surface area contributed by atoms with Crippen molar-refractivity contribution in [1.82, 2.24) is 14.7 Å². The highest BCUT2D eigenvalue weighted by Crippen LogP contribution is 2.25. The lowest BCUT2D eigenvalue weighted by Gasteiger charge is -2.48. The first-order valence-electron chi connectivity index (χ1n) is 11.3. The van der Waals surface area contributed by atoms with Crippen LogP contribution in [-0.2, 0) is 0 Å². The quantitative estimate of drug-likeness (QED) is 0.584. The summed E-state index contributed by atoms with van der Waals surface area (Å²) in [6.45, 7) is 4.62. The van der Waals surface area contributed by atoms with Crippen LogP contribution in [0.25, 0.3) is 11.1 Å². The Balaban J connectivity index is 1.12. The molecule has 0 aromatic heterocycles. The fourth-order valence-electron chi connectivity index (χ4n) is 4.56. The van der Waals surface area contributed by atoms with E-state index in [1.807, 2.05) is 88.7 Å². The molecule has 0 spiro atoms. The lowest BCUT2D eigenvalue weighted by molar-refractivity contribution is 0.00854. The molecular weight excluding hydrogens is 434 g/mol. The second-order valence-corrected chi connectivity index (χ2v) is 9.08. The third-order valence-corrected chi connectivity index (χ3v) is 6.81.